The predicted octanol–water partition coefficient (Wildman–Crippen LogP) is 9.52. The van der Waals surface area contributed by atoms with Crippen LogP contribution in [0.2, 0.25) is 30.1 Å². The van der Waals surface area contributed by atoms with Crippen LogP contribution in [0.3, 0.4) is 0 Å². The highest BCUT2D eigenvalue weighted by Crippen LogP contribution is 2.39. The molecule has 2 atom stereocenters. The Labute approximate surface area is 547 Å². The van der Waals surface area contributed by atoms with Gasteiger partial charge >= 0.3 is 0 Å². The first kappa shape index (κ1) is 70.4. The summed E-state index contributed by atoms with van der Waals surface area (Å²) >= 11 is 39.9. The summed E-state index contributed by atoms with van der Waals surface area (Å²) in [5, 5.41) is 36.1. The fourth-order valence-electron chi connectivity index (χ4n) is 8.87. The summed E-state index contributed by atoms with van der Waals surface area (Å²) in [4.78, 5) is 66.6. The number of nitrogens with zero attached hydrogens (tertiary/aromatic N) is 7. The van der Waals surface area contributed by atoms with Gasteiger partial charge in [-0.3, -0.25) is 19.2 Å². The highest BCUT2D eigenvalue weighted by atomic mass is 35.5. The minimum Gasteiger partial charge on any atom is -0.489 e. The molecule has 2 aliphatic heterocycles. The maximum absolute atomic E-state index is 13.6. The van der Waals surface area contributed by atoms with Gasteiger partial charge in [-0.05, 0) is 110 Å². The number of aromatic nitrogens is 2. The molecular formula is C55H63Cl6N11O12S4. The molecule has 0 radical (unpaired) electrons. The van der Waals surface area contributed by atoms with Crippen molar-refractivity contribution in [3.05, 3.63) is 134 Å². The minimum absolute atomic E-state index is 0.00601. The maximum Gasteiger partial charge on any atom is 0.281 e. The molecule has 2 saturated heterocycles. The van der Waals surface area contributed by atoms with Gasteiger partial charge in [-0.2, -0.15) is 17.0 Å². The summed E-state index contributed by atoms with van der Waals surface area (Å²) in [7, 11) is -1.59. The number of benzene rings is 2. The lowest BCUT2D eigenvalue weighted by Gasteiger charge is -2.21. The predicted molar refractivity (Wildman–Crippen MR) is 347 cm³/mol. The Morgan fingerprint density at radius 3 is 1.52 bits per heavy atom. The quantitative estimate of drug-likeness (QED) is 0.0311. The molecule has 6 aromatic rings. The van der Waals surface area contributed by atoms with Crippen LogP contribution in [0.4, 0.5) is 23.0 Å². The molecule has 0 aliphatic carbocycles. The number of β-amino-alcohol motifs (C(OH)–C–C–N with tert-alkyl or cyclic N) is 2. The number of pyridine rings is 2. The molecule has 33 heteroatoms. The van der Waals surface area contributed by atoms with E-state index in [1.165, 1.54) is 70.9 Å². The number of nitrogens with one attached hydrogen (secondary N) is 4. The van der Waals surface area contributed by atoms with E-state index >= 15 is 0 Å². The first-order valence-electron chi connectivity index (χ1n) is 26.9. The second kappa shape index (κ2) is 31.8. The summed E-state index contributed by atoms with van der Waals surface area (Å²) in [6.07, 6.45) is 6.46. The van der Waals surface area contributed by atoms with E-state index in [-0.39, 0.29) is 107 Å². The molecule has 88 heavy (non-hydrogen) atoms. The molecule has 6 N–H and O–H groups in total. The molecule has 23 nitrogen and oxygen atoms in total. The lowest BCUT2D eigenvalue weighted by molar-refractivity contribution is 0.0759. The van der Waals surface area contributed by atoms with Crippen LogP contribution in [-0.4, -0.2) is 182 Å². The molecule has 0 spiro atoms. The van der Waals surface area contributed by atoms with Crippen LogP contribution in [-0.2, 0) is 33.3 Å². The number of hydrogen-bond donors (Lipinski definition) is 6. The monoisotopic (exact) mass is 1410 g/mol. The van der Waals surface area contributed by atoms with Gasteiger partial charge in [0.2, 0.25) is 10.0 Å². The van der Waals surface area contributed by atoms with E-state index in [9.17, 15) is 46.2 Å². The third-order valence-electron chi connectivity index (χ3n) is 13.5. The number of aliphatic hydroxyl groups is 2. The van der Waals surface area contributed by atoms with Crippen LogP contribution in [0.25, 0.3) is 0 Å². The Bertz CT molecular complexity index is 3710. The van der Waals surface area contributed by atoms with Crippen molar-refractivity contribution in [1.29, 1.82) is 0 Å². The number of likely N-dealkylation sites (tertiary alicyclic amines) is 2. The van der Waals surface area contributed by atoms with E-state index < -0.39 is 56.1 Å². The van der Waals surface area contributed by atoms with Gasteiger partial charge in [0.25, 0.3) is 33.8 Å². The van der Waals surface area contributed by atoms with Crippen LogP contribution >= 0.6 is 92.3 Å². The van der Waals surface area contributed by atoms with Gasteiger partial charge < -0.3 is 50.8 Å². The number of halogens is 6. The van der Waals surface area contributed by atoms with E-state index in [4.69, 9.17) is 79.1 Å². The number of ether oxygens (including phenoxy) is 2. The zero-order valence-corrected chi connectivity index (χ0v) is 55.8. The number of aliphatic hydroxyl groups excluding tert-OH is 2. The fraction of sp³-hybridized carbons (Fsp3) is 0.382. The number of thiophene rings is 2. The Hall–Kier alpha value is -5.02. The first-order chi connectivity index (χ1) is 41.6. The van der Waals surface area contributed by atoms with Gasteiger partial charge in [-0.15, -0.1) is 22.7 Å². The first-order valence-corrected chi connectivity index (χ1v) is 34.1. The van der Waals surface area contributed by atoms with Crippen molar-refractivity contribution in [2.75, 3.05) is 108 Å². The van der Waals surface area contributed by atoms with Crippen LogP contribution < -0.4 is 30.7 Å². The van der Waals surface area contributed by atoms with Crippen LogP contribution in [0.15, 0.2) is 71.7 Å². The molecule has 4 amide bonds. The van der Waals surface area contributed by atoms with E-state index in [0.29, 0.717) is 29.2 Å². The summed E-state index contributed by atoms with van der Waals surface area (Å²) in [5.74, 6) is -2.29. The molecule has 6 heterocycles. The number of amides is 4. The fourth-order valence-corrected chi connectivity index (χ4v) is 13.3. The number of anilines is 4. The highest BCUT2D eigenvalue weighted by Gasteiger charge is 2.30. The lowest BCUT2D eigenvalue weighted by Crippen LogP contribution is -2.36. The third kappa shape index (κ3) is 19.3. The van der Waals surface area contributed by atoms with Crippen molar-refractivity contribution < 1.29 is 55.7 Å². The summed E-state index contributed by atoms with van der Waals surface area (Å²) in [6.45, 7) is 3.99. The Balaban J connectivity index is 0.000000251. The smallest absolute Gasteiger partial charge is 0.281 e. The van der Waals surface area contributed by atoms with Gasteiger partial charge in [0.05, 0.1) is 48.8 Å². The Morgan fingerprint density at radius 1 is 0.625 bits per heavy atom. The number of carbonyl (C=O) groups excluding carboxylic acids is 4. The van der Waals surface area contributed by atoms with E-state index in [0.717, 1.165) is 93.7 Å². The molecule has 8 rings (SSSR count). The normalized spacial score (nSPS) is 14.6. The number of sulfonamides is 1. The largest absolute Gasteiger partial charge is 0.489 e. The van der Waals surface area contributed by atoms with Gasteiger partial charge in [0, 0.05) is 88.9 Å². The number of hydrogen-bond acceptors (Lipinski definition) is 18. The van der Waals surface area contributed by atoms with Crippen molar-refractivity contribution in [2.45, 2.75) is 51.0 Å². The number of carbonyl (C=O) groups is 4. The summed E-state index contributed by atoms with van der Waals surface area (Å²) in [5.41, 5.74) is 0.723. The number of rotatable bonds is 25. The van der Waals surface area contributed by atoms with Crippen LogP contribution in [0, 0.1) is 0 Å². The van der Waals surface area contributed by atoms with Gasteiger partial charge in [-0.1, -0.05) is 69.6 Å². The molecule has 2 aromatic carbocycles. The SMILES string of the molecule is CN(C)S(=O)(=O)N(C)Cc1csc(C(=O)Nc2c(OCC(O)CN3CCCC3)cc(Cl)cc2C(=O)Nc2ncccc2Cl)c1Cl.CN(Cc1csc(C(=O)Nc2c(OC[C@@H](O)CN3CCCC3)cc(Cl)cc2C(=O)Nc2ccc(Cl)cn2)c1Cl)S(C)(=O)=O. The molecule has 4 aromatic heterocycles. The Kier molecular flexibility index (Phi) is 25.5. The second-order valence-electron chi connectivity index (χ2n) is 20.5. The zero-order chi connectivity index (χ0) is 64.2. The lowest BCUT2D eigenvalue weighted by atomic mass is 10.1. The van der Waals surface area contributed by atoms with Crippen molar-refractivity contribution >= 4 is 159 Å². The van der Waals surface area contributed by atoms with E-state index in [1.54, 1.807) is 29.0 Å². The van der Waals surface area contributed by atoms with Gasteiger partial charge in [0.1, 0.15) is 52.5 Å². The standard InChI is InChI=1S/C28H33Cl3N6O6S2.C27H30Cl3N5O6S2/c1-35(2)45(41,42)36(3)13-17-16-44-25(23(17)31)28(40)33-24-20(27(39)34-26-21(30)7-6-8-32-26)11-18(29)12-22(24)43-15-19(38)14-37-9-4-5-10-37;1-34(43(2,39)40)12-16-15-42-25(23(16)30)27(38)33-24-20(26(37)32-22-6-5-17(28)11-31-22)9-18(29)10-21(24)41-14-19(36)13-35-7-3-4-8-35/h6-8,11-12,16,19,38H,4-5,9-10,13-15H2,1-3H3,(H,33,40)(H,32,34,39);5-6,9-11,15,19,36H,3-4,7-8,12-14H2,1-2H3,(H,33,38)(H,31,32,37)/t;19-/m.0/s1. The minimum atomic E-state index is -3.73. The highest BCUT2D eigenvalue weighted by molar-refractivity contribution is 7.88. The molecule has 0 saturated carbocycles. The van der Waals surface area contributed by atoms with Crippen molar-refractivity contribution in [1.82, 2.24) is 32.7 Å². The molecule has 476 valence electrons. The average Bonchev–Trinajstić information content (AvgIpc) is 2.84. The molecule has 1 unspecified atom stereocenters. The second-order valence-corrected chi connectivity index (χ2v) is 29.1. The van der Waals surface area contributed by atoms with Gasteiger partial charge in [0.15, 0.2) is 5.82 Å². The van der Waals surface area contributed by atoms with Crippen molar-refractivity contribution in [2.24, 2.45) is 0 Å². The molecule has 2 fully saturated rings. The topological polar surface area (TPSA) is 286 Å². The molecular weight excluding hydrogens is 1350 g/mol. The van der Waals surface area contributed by atoms with Crippen LogP contribution in [0.1, 0.15) is 76.9 Å². The Morgan fingerprint density at radius 2 is 1.09 bits per heavy atom. The summed E-state index contributed by atoms with van der Waals surface area (Å²) < 4.78 is 63.8. The van der Waals surface area contributed by atoms with E-state index in [2.05, 4.69) is 41.0 Å². The van der Waals surface area contributed by atoms with Crippen molar-refractivity contribution in [3.63, 3.8) is 0 Å². The average molecular weight is 1410 g/mol. The van der Waals surface area contributed by atoms with Gasteiger partial charge in [-0.25, -0.2) is 22.7 Å². The maximum atomic E-state index is 13.6. The summed E-state index contributed by atoms with van der Waals surface area (Å²) in [6, 6.07) is 11.8. The van der Waals surface area contributed by atoms with Crippen molar-refractivity contribution in [3.8, 4) is 11.5 Å². The third-order valence-corrected chi connectivity index (χ3v) is 20.7. The molecule has 2 aliphatic rings. The molecule has 0 bridgehead atoms. The zero-order valence-electron chi connectivity index (χ0n) is 48.0. The van der Waals surface area contributed by atoms with E-state index in [1.807, 2.05) is 0 Å². The van der Waals surface area contributed by atoms with Crippen LogP contribution in [0.5, 0.6) is 11.5 Å².